The quantitative estimate of drug-likeness (QED) is 0.509. The van der Waals surface area contributed by atoms with Gasteiger partial charge in [-0.25, -0.2) is 4.68 Å². The summed E-state index contributed by atoms with van der Waals surface area (Å²) in [5.41, 5.74) is 0.831. The summed E-state index contributed by atoms with van der Waals surface area (Å²) in [6.07, 6.45) is 1.44. The lowest BCUT2D eigenvalue weighted by Crippen LogP contribution is -2.35. The van der Waals surface area contributed by atoms with E-state index in [-0.39, 0.29) is 5.91 Å². The standard InChI is InChI=1S/C17H16ClN5OS/c18-14-6-8-15(9-7-14)25-11-10-19-17(24)16(23-12-20-21-22-23)13-4-2-1-3-5-13/h1-9,12,16H,10-11H2,(H,19,24)/t16-/m1/s1. The maximum absolute atomic E-state index is 12.6. The van der Waals surface area contributed by atoms with Gasteiger partial charge in [-0.1, -0.05) is 41.9 Å². The Morgan fingerprint density at radius 1 is 1.16 bits per heavy atom. The third-order valence-corrected chi connectivity index (χ3v) is 4.74. The van der Waals surface area contributed by atoms with Crippen molar-refractivity contribution in [1.82, 2.24) is 25.5 Å². The maximum Gasteiger partial charge on any atom is 0.249 e. The van der Waals surface area contributed by atoms with E-state index in [9.17, 15) is 4.79 Å². The Kier molecular flexibility index (Phi) is 6.03. The number of carbonyl (C=O) groups is 1. The zero-order chi connectivity index (χ0) is 17.5. The van der Waals surface area contributed by atoms with Crippen molar-refractivity contribution in [2.45, 2.75) is 10.9 Å². The van der Waals surface area contributed by atoms with E-state index in [1.54, 1.807) is 11.8 Å². The molecule has 1 N–H and O–H groups in total. The predicted octanol–water partition coefficient (Wildman–Crippen LogP) is 2.82. The number of tetrazole rings is 1. The van der Waals surface area contributed by atoms with Gasteiger partial charge >= 0.3 is 0 Å². The highest BCUT2D eigenvalue weighted by molar-refractivity contribution is 7.99. The lowest BCUT2D eigenvalue weighted by molar-refractivity contribution is -0.123. The molecule has 0 aliphatic heterocycles. The first-order valence-corrected chi connectivity index (χ1v) is 9.04. The van der Waals surface area contributed by atoms with E-state index >= 15 is 0 Å². The molecule has 8 heteroatoms. The van der Waals surface area contributed by atoms with Gasteiger partial charge in [0.2, 0.25) is 5.91 Å². The summed E-state index contributed by atoms with van der Waals surface area (Å²) in [4.78, 5) is 13.8. The third kappa shape index (κ3) is 4.80. The summed E-state index contributed by atoms with van der Waals surface area (Å²) in [5, 5.41) is 14.8. The largest absolute Gasteiger partial charge is 0.353 e. The fourth-order valence-corrected chi connectivity index (χ4v) is 3.21. The van der Waals surface area contributed by atoms with E-state index in [1.807, 2.05) is 54.6 Å². The SMILES string of the molecule is O=C(NCCSc1ccc(Cl)cc1)[C@@H](c1ccccc1)n1cnnn1. The Bertz CT molecular complexity index is 796. The number of aromatic nitrogens is 4. The second kappa shape index (κ2) is 8.64. The van der Waals surface area contributed by atoms with Crippen molar-refractivity contribution < 1.29 is 4.79 Å². The molecule has 0 aliphatic rings. The average Bonchev–Trinajstić information content (AvgIpc) is 3.15. The van der Waals surface area contributed by atoms with Gasteiger partial charge in [-0.2, -0.15) is 0 Å². The lowest BCUT2D eigenvalue weighted by Gasteiger charge is -2.16. The molecule has 3 rings (SSSR count). The molecule has 1 aromatic heterocycles. The molecule has 1 atom stereocenters. The van der Waals surface area contributed by atoms with Gasteiger partial charge in [0.1, 0.15) is 6.33 Å². The van der Waals surface area contributed by atoms with E-state index in [1.165, 1.54) is 11.0 Å². The Labute approximate surface area is 154 Å². The van der Waals surface area contributed by atoms with Crippen LogP contribution in [0.5, 0.6) is 0 Å². The molecule has 3 aromatic rings. The van der Waals surface area contributed by atoms with E-state index in [2.05, 4.69) is 20.8 Å². The second-order valence-corrected chi connectivity index (χ2v) is 6.80. The molecule has 0 saturated carbocycles. The van der Waals surface area contributed by atoms with Crippen LogP contribution in [0.1, 0.15) is 11.6 Å². The Morgan fingerprint density at radius 3 is 2.60 bits per heavy atom. The van der Waals surface area contributed by atoms with E-state index in [0.29, 0.717) is 11.6 Å². The van der Waals surface area contributed by atoms with Crippen LogP contribution in [0, 0.1) is 0 Å². The number of benzene rings is 2. The van der Waals surface area contributed by atoms with Crippen LogP contribution in [0.3, 0.4) is 0 Å². The van der Waals surface area contributed by atoms with Crippen molar-refractivity contribution in [2.75, 3.05) is 12.3 Å². The molecule has 25 heavy (non-hydrogen) atoms. The summed E-state index contributed by atoms with van der Waals surface area (Å²) in [6.45, 7) is 0.539. The number of hydrogen-bond acceptors (Lipinski definition) is 5. The van der Waals surface area contributed by atoms with Crippen LogP contribution in [-0.4, -0.2) is 38.4 Å². The second-order valence-electron chi connectivity index (χ2n) is 5.20. The number of nitrogens with one attached hydrogen (secondary N) is 1. The van der Waals surface area contributed by atoms with Crippen LogP contribution in [0.4, 0.5) is 0 Å². The van der Waals surface area contributed by atoms with Crippen molar-refractivity contribution >= 4 is 29.3 Å². The number of nitrogens with zero attached hydrogens (tertiary/aromatic N) is 4. The molecule has 128 valence electrons. The molecule has 0 spiro atoms. The van der Waals surface area contributed by atoms with Gasteiger partial charge in [-0.3, -0.25) is 4.79 Å². The Balaban J connectivity index is 1.58. The molecule has 2 aromatic carbocycles. The topological polar surface area (TPSA) is 72.7 Å². The first kappa shape index (κ1) is 17.4. The normalized spacial score (nSPS) is 11.9. The number of hydrogen-bond donors (Lipinski definition) is 1. The molecular formula is C17H16ClN5OS. The summed E-state index contributed by atoms with van der Waals surface area (Å²) in [7, 11) is 0. The first-order valence-electron chi connectivity index (χ1n) is 7.67. The number of carbonyl (C=O) groups excluding carboxylic acids is 1. The summed E-state index contributed by atoms with van der Waals surface area (Å²) in [5.74, 6) is 0.611. The highest BCUT2D eigenvalue weighted by atomic mass is 35.5. The van der Waals surface area contributed by atoms with Crippen molar-refractivity contribution in [3.8, 4) is 0 Å². The zero-order valence-electron chi connectivity index (χ0n) is 13.2. The molecule has 0 aliphatic carbocycles. The van der Waals surface area contributed by atoms with E-state index in [0.717, 1.165) is 16.2 Å². The van der Waals surface area contributed by atoms with Gasteiger partial charge in [0.05, 0.1) is 0 Å². The fraction of sp³-hybridized carbons (Fsp3) is 0.176. The van der Waals surface area contributed by atoms with Crippen LogP contribution >= 0.6 is 23.4 Å². The molecule has 6 nitrogen and oxygen atoms in total. The summed E-state index contributed by atoms with van der Waals surface area (Å²) < 4.78 is 1.46. The smallest absolute Gasteiger partial charge is 0.249 e. The van der Waals surface area contributed by atoms with Crippen LogP contribution in [0.25, 0.3) is 0 Å². The van der Waals surface area contributed by atoms with Gasteiger partial charge in [0.15, 0.2) is 6.04 Å². The average molecular weight is 374 g/mol. The molecular weight excluding hydrogens is 358 g/mol. The highest BCUT2D eigenvalue weighted by Gasteiger charge is 2.23. The zero-order valence-corrected chi connectivity index (χ0v) is 14.8. The molecule has 1 amide bonds. The van der Waals surface area contributed by atoms with Gasteiger partial charge in [-0.15, -0.1) is 16.9 Å². The van der Waals surface area contributed by atoms with Crippen molar-refractivity contribution in [3.05, 3.63) is 71.5 Å². The van der Waals surface area contributed by atoms with E-state index < -0.39 is 6.04 Å². The van der Waals surface area contributed by atoms with Crippen LogP contribution in [-0.2, 0) is 4.79 Å². The number of halogens is 1. The van der Waals surface area contributed by atoms with Gasteiger partial charge in [-0.05, 0) is 40.3 Å². The van der Waals surface area contributed by atoms with E-state index in [4.69, 9.17) is 11.6 Å². The summed E-state index contributed by atoms with van der Waals surface area (Å²) in [6, 6.07) is 16.5. The minimum absolute atomic E-state index is 0.143. The third-order valence-electron chi connectivity index (χ3n) is 3.48. The highest BCUT2D eigenvalue weighted by Crippen LogP contribution is 2.20. The van der Waals surface area contributed by atoms with Gasteiger partial charge in [0.25, 0.3) is 0 Å². The van der Waals surface area contributed by atoms with Crippen LogP contribution in [0.2, 0.25) is 5.02 Å². The lowest BCUT2D eigenvalue weighted by atomic mass is 10.1. The van der Waals surface area contributed by atoms with Crippen LogP contribution in [0.15, 0.2) is 65.8 Å². The van der Waals surface area contributed by atoms with Crippen molar-refractivity contribution in [3.63, 3.8) is 0 Å². The minimum atomic E-state index is -0.586. The molecule has 0 bridgehead atoms. The Morgan fingerprint density at radius 2 is 1.92 bits per heavy atom. The van der Waals surface area contributed by atoms with Crippen LogP contribution < -0.4 is 5.32 Å². The first-order chi connectivity index (χ1) is 12.2. The fourth-order valence-electron chi connectivity index (χ4n) is 2.32. The predicted molar refractivity (Wildman–Crippen MR) is 97.6 cm³/mol. The molecule has 1 heterocycles. The number of amides is 1. The van der Waals surface area contributed by atoms with Crippen molar-refractivity contribution in [1.29, 1.82) is 0 Å². The molecule has 0 saturated heterocycles. The molecule has 0 unspecified atom stereocenters. The van der Waals surface area contributed by atoms with Crippen molar-refractivity contribution in [2.24, 2.45) is 0 Å². The Hall–Kier alpha value is -2.38. The maximum atomic E-state index is 12.6. The molecule has 0 radical (unpaired) electrons. The monoisotopic (exact) mass is 373 g/mol. The minimum Gasteiger partial charge on any atom is -0.353 e. The van der Waals surface area contributed by atoms with Gasteiger partial charge in [0, 0.05) is 22.2 Å². The van der Waals surface area contributed by atoms with Gasteiger partial charge < -0.3 is 5.32 Å². The summed E-state index contributed by atoms with van der Waals surface area (Å²) >= 11 is 7.53. The number of thioether (sulfide) groups is 1. The number of rotatable bonds is 7. The molecule has 0 fully saturated rings.